The lowest BCUT2D eigenvalue weighted by molar-refractivity contribution is 0.103. The van der Waals surface area contributed by atoms with Crippen LogP contribution >= 0.6 is 11.3 Å². The van der Waals surface area contributed by atoms with Crippen LogP contribution in [0.3, 0.4) is 0 Å². The molecule has 4 heteroatoms. The Morgan fingerprint density at radius 1 is 1.32 bits per heavy atom. The second kappa shape index (κ2) is 5.13. The summed E-state index contributed by atoms with van der Waals surface area (Å²) in [6.45, 7) is 0.587. The summed E-state index contributed by atoms with van der Waals surface area (Å²) < 4.78 is 19.4. The third-order valence-electron chi connectivity index (χ3n) is 3.21. The van der Waals surface area contributed by atoms with Crippen molar-refractivity contribution >= 4 is 17.1 Å². The van der Waals surface area contributed by atoms with Gasteiger partial charge >= 0.3 is 0 Å². The molecule has 0 unspecified atom stereocenters. The first-order valence-electron chi connectivity index (χ1n) is 6.29. The van der Waals surface area contributed by atoms with Gasteiger partial charge in [0.1, 0.15) is 11.6 Å². The highest BCUT2D eigenvalue weighted by atomic mass is 32.1. The molecule has 2 aromatic rings. The summed E-state index contributed by atoms with van der Waals surface area (Å²) in [4.78, 5) is 13.0. The Balaban J connectivity index is 2.10. The fraction of sp³-hybridized carbons (Fsp3) is 0.267. The third-order valence-corrected chi connectivity index (χ3v) is 4.08. The van der Waals surface area contributed by atoms with Gasteiger partial charge in [-0.2, -0.15) is 0 Å². The van der Waals surface area contributed by atoms with E-state index in [1.54, 1.807) is 6.07 Å². The second-order valence-corrected chi connectivity index (χ2v) is 5.50. The minimum Gasteiger partial charge on any atom is -0.493 e. The molecule has 1 aliphatic rings. The molecule has 2 nitrogen and oxygen atoms in total. The summed E-state index contributed by atoms with van der Waals surface area (Å²) in [5.41, 5.74) is 1.15. The molecular weight excluding hydrogens is 263 g/mol. The number of carbonyl (C=O) groups is 1. The number of fused-ring (bicyclic) bond motifs is 1. The number of ether oxygens (including phenoxy) is 1. The lowest BCUT2D eigenvalue weighted by atomic mass is 10.0. The van der Waals surface area contributed by atoms with Crippen molar-refractivity contribution in [2.45, 2.75) is 19.3 Å². The van der Waals surface area contributed by atoms with Gasteiger partial charge in [0.05, 0.1) is 17.0 Å². The zero-order chi connectivity index (χ0) is 13.2. The van der Waals surface area contributed by atoms with Crippen LogP contribution in [0.1, 0.15) is 33.6 Å². The predicted octanol–water partition coefficient (Wildman–Crippen LogP) is 3.83. The SMILES string of the molecule is O=C(c1cccs1)c1cc(F)cc2c1OCCCC2. The van der Waals surface area contributed by atoms with Crippen molar-refractivity contribution in [3.05, 3.63) is 51.5 Å². The topological polar surface area (TPSA) is 26.3 Å². The van der Waals surface area contributed by atoms with Crippen molar-refractivity contribution in [2.24, 2.45) is 0 Å². The van der Waals surface area contributed by atoms with Gasteiger partial charge in [-0.15, -0.1) is 11.3 Å². The monoisotopic (exact) mass is 276 g/mol. The summed E-state index contributed by atoms with van der Waals surface area (Å²) in [7, 11) is 0. The standard InChI is InChI=1S/C15H13FO2S/c16-11-8-10-4-1-2-6-18-15(10)12(9-11)14(17)13-5-3-7-19-13/h3,5,7-9H,1-2,4,6H2. The van der Waals surface area contributed by atoms with Gasteiger partial charge in [-0.05, 0) is 48.4 Å². The fourth-order valence-corrected chi connectivity index (χ4v) is 2.98. The van der Waals surface area contributed by atoms with E-state index in [0.717, 1.165) is 24.8 Å². The Bertz CT molecular complexity index is 605. The molecule has 0 N–H and O–H groups in total. The zero-order valence-electron chi connectivity index (χ0n) is 10.3. The number of hydrogen-bond acceptors (Lipinski definition) is 3. The van der Waals surface area contributed by atoms with E-state index in [1.165, 1.54) is 23.5 Å². The van der Waals surface area contributed by atoms with Crippen LogP contribution in [0, 0.1) is 5.82 Å². The Hall–Kier alpha value is -1.68. The molecule has 0 spiro atoms. The molecule has 0 saturated carbocycles. The molecule has 0 saturated heterocycles. The van der Waals surface area contributed by atoms with Gasteiger partial charge in [0.15, 0.2) is 0 Å². The van der Waals surface area contributed by atoms with Crippen LogP contribution in [0.25, 0.3) is 0 Å². The molecule has 0 radical (unpaired) electrons. The number of benzene rings is 1. The van der Waals surface area contributed by atoms with E-state index >= 15 is 0 Å². The van der Waals surface area contributed by atoms with Gasteiger partial charge in [-0.3, -0.25) is 4.79 Å². The lowest BCUT2D eigenvalue weighted by Gasteiger charge is -2.12. The quantitative estimate of drug-likeness (QED) is 0.779. The minimum absolute atomic E-state index is 0.160. The van der Waals surface area contributed by atoms with Crippen molar-refractivity contribution in [1.29, 1.82) is 0 Å². The number of hydrogen-bond donors (Lipinski definition) is 0. The smallest absolute Gasteiger partial charge is 0.206 e. The van der Waals surface area contributed by atoms with Gasteiger partial charge in [0.2, 0.25) is 5.78 Å². The van der Waals surface area contributed by atoms with E-state index < -0.39 is 0 Å². The number of thiophene rings is 1. The van der Waals surface area contributed by atoms with Crippen LogP contribution in [0.4, 0.5) is 4.39 Å². The van der Waals surface area contributed by atoms with Gasteiger partial charge < -0.3 is 4.74 Å². The van der Waals surface area contributed by atoms with Gasteiger partial charge in [0, 0.05) is 0 Å². The van der Waals surface area contributed by atoms with Crippen LogP contribution in [0.5, 0.6) is 5.75 Å². The molecule has 19 heavy (non-hydrogen) atoms. The largest absolute Gasteiger partial charge is 0.493 e. The lowest BCUT2D eigenvalue weighted by Crippen LogP contribution is -2.06. The van der Waals surface area contributed by atoms with E-state index in [4.69, 9.17) is 4.74 Å². The Morgan fingerprint density at radius 2 is 2.21 bits per heavy atom. The van der Waals surface area contributed by atoms with E-state index in [9.17, 15) is 9.18 Å². The summed E-state index contributed by atoms with van der Waals surface area (Å²) in [6.07, 6.45) is 2.66. The van der Waals surface area contributed by atoms with Crippen LogP contribution in [0.15, 0.2) is 29.6 Å². The number of rotatable bonds is 2. The van der Waals surface area contributed by atoms with Gasteiger partial charge in [0.25, 0.3) is 0 Å². The zero-order valence-corrected chi connectivity index (χ0v) is 11.1. The average Bonchev–Trinajstić information content (AvgIpc) is 2.83. The Kier molecular flexibility index (Phi) is 3.34. The van der Waals surface area contributed by atoms with E-state index in [-0.39, 0.29) is 11.6 Å². The minimum atomic E-state index is -0.371. The molecule has 0 atom stereocenters. The van der Waals surface area contributed by atoms with E-state index in [1.807, 2.05) is 11.4 Å². The molecule has 3 rings (SSSR count). The predicted molar refractivity (Wildman–Crippen MR) is 72.6 cm³/mol. The summed E-state index contributed by atoms with van der Waals surface area (Å²) in [6, 6.07) is 6.33. The highest BCUT2D eigenvalue weighted by Crippen LogP contribution is 2.32. The van der Waals surface area contributed by atoms with E-state index in [0.29, 0.717) is 22.8 Å². The van der Waals surface area contributed by atoms with Crippen LogP contribution in [-0.4, -0.2) is 12.4 Å². The number of carbonyl (C=O) groups excluding carboxylic acids is 1. The van der Waals surface area contributed by atoms with Crippen molar-refractivity contribution < 1.29 is 13.9 Å². The normalized spacial score (nSPS) is 14.4. The summed E-state index contributed by atoms with van der Waals surface area (Å²) >= 11 is 1.36. The first-order chi connectivity index (χ1) is 9.25. The molecule has 1 aromatic carbocycles. The molecule has 0 amide bonds. The summed E-state index contributed by atoms with van der Waals surface area (Å²) in [5, 5.41) is 1.84. The molecule has 0 aliphatic carbocycles. The Labute approximate surface area is 114 Å². The third kappa shape index (κ3) is 2.40. The summed E-state index contributed by atoms with van der Waals surface area (Å²) in [5.74, 6) is 0.0362. The maximum atomic E-state index is 13.7. The van der Waals surface area contributed by atoms with Crippen molar-refractivity contribution in [3.8, 4) is 5.75 Å². The van der Waals surface area contributed by atoms with E-state index in [2.05, 4.69) is 0 Å². The number of halogens is 1. The number of aryl methyl sites for hydroxylation is 1. The molecule has 0 bridgehead atoms. The van der Waals surface area contributed by atoms with Crippen molar-refractivity contribution in [3.63, 3.8) is 0 Å². The van der Waals surface area contributed by atoms with Crippen molar-refractivity contribution in [2.75, 3.05) is 6.61 Å². The molecule has 1 aliphatic heterocycles. The van der Waals surface area contributed by atoms with Crippen LogP contribution in [0.2, 0.25) is 0 Å². The van der Waals surface area contributed by atoms with Crippen molar-refractivity contribution in [1.82, 2.24) is 0 Å². The maximum absolute atomic E-state index is 13.7. The van der Waals surface area contributed by atoms with Gasteiger partial charge in [-0.25, -0.2) is 4.39 Å². The Morgan fingerprint density at radius 3 is 3.00 bits per heavy atom. The molecule has 0 fully saturated rings. The highest BCUT2D eigenvalue weighted by Gasteiger charge is 2.21. The molecule has 98 valence electrons. The molecule has 2 heterocycles. The number of ketones is 1. The fourth-order valence-electron chi connectivity index (χ4n) is 2.31. The molecular formula is C15H13FO2S. The highest BCUT2D eigenvalue weighted by molar-refractivity contribution is 7.12. The van der Waals surface area contributed by atoms with Crippen LogP contribution in [-0.2, 0) is 6.42 Å². The van der Waals surface area contributed by atoms with Crippen LogP contribution < -0.4 is 4.74 Å². The maximum Gasteiger partial charge on any atom is 0.206 e. The molecule has 1 aromatic heterocycles. The first-order valence-corrected chi connectivity index (χ1v) is 7.17. The first kappa shape index (κ1) is 12.4. The van der Waals surface area contributed by atoms with Gasteiger partial charge in [-0.1, -0.05) is 6.07 Å². The second-order valence-electron chi connectivity index (χ2n) is 4.55. The average molecular weight is 276 g/mol.